The van der Waals surface area contributed by atoms with Crippen LogP contribution in [0.1, 0.15) is 16.8 Å². The van der Waals surface area contributed by atoms with Crippen LogP contribution in [0.5, 0.6) is 11.6 Å². The highest BCUT2D eigenvalue weighted by molar-refractivity contribution is 6.30. The van der Waals surface area contributed by atoms with E-state index in [-0.39, 0.29) is 5.84 Å². The second-order valence-electron chi connectivity index (χ2n) is 4.31. The van der Waals surface area contributed by atoms with Gasteiger partial charge in [-0.15, -0.1) is 0 Å². The first-order valence-electron chi connectivity index (χ1n) is 5.72. The monoisotopic (exact) mass is 278 g/mol. The van der Waals surface area contributed by atoms with Gasteiger partial charge < -0.3 is 10.5 Å². The second-order valence-corrected chi connectivity index (χ2v) is 4.75. The zero-order chi connectivity index (χ0) is 14.2. The molecule has 2 rings (SSSR count). The number of amidine groups is 1. The Morgan fingerprint density at radius 3 is 2.74 bits per heavy atom. The van der Waals surface area contributed by atoms with Gasteiger partial charge in [-0.05, 0) is 31.5 Å². The fourth-order valence-corrected chi connectivity index (χ4v) is 2.01. The number of nitrogen functional groups attached to an aromatic ring is 1. The Morgan fingerprint density at radius 1 is 1.42 bits per heavy atom. The van der Waals surface area contributed by atoms with Gasteiger partial charge in [-0.3, -0.25) is 5.41 Å². The SMILES string of the molecule is Cc1ccc(Cl)cc1Oc1c(C(=N)N)c(C)nn1C. The lowest BCUT2D eigenvalue weighted by Crippen LogP contribution is -2.13. The van der Waals surface area contributed by atoms with E-state index < -0.39 is 0 Å². The molecule has 2 aromatic rings. The molecule has 0 unspecified atom stereocenters. The lowest BCUT2D eigenvalue weighted by molar-refractivity contribution is 0.427. The zero-order valence-electron chi connectivity index (χ0n) is 11.0. The second kappa shape index (κ2) is 4.93. The van der Waals surface area contributed by atoms with Gasteiger partial charge in [0.1, 0.15) is 17.1 Å². The zero-order valence-corrected chi connectivity index (χ0v) is 11.7. The van der Waals surface area contributed by atoms with E-state index in [9.17, 15) is 0 Å². The summed E-state index contributed by atoms with van der Waals surface area (Å²) in [5, 5.41) is 12.4. The molecule has 0 aliphatic carbocycles. The van der Waals surface area contributed by atoms with E-state index in [0.29, 0.717) is 27.9 Å². The van der Waals surface area contributed by atoms with Crippen LogP contribution in [0.25, 0.3) is 0 Å². The van der Waals surface area contributed by atoms with Gasteiger partial charge in [-0.25, -0.2) is 4.68 Å². The van der Waals surface area contributed by atoms with E-state index in [4.69, 9.17) is 27.5 Å². The van der Waals surface area contributed by atoms with Crippen molar-refractivity contribution in [2.45, 2.75) is 13.8 Å². The summed E-state index contributed by atoms with van der Waals surface area (Å²) in [4.78, 5) is 0. The lowest BCUT2D eigenvalue weighted by atomic mass is 10.2. The van der Waals surface area contributed by atoms with Crippen molar-refractivity contribution in [1.82, 2.24) is 9.78 Å². The molecule has 0 bridgehead atoms. The van der Waals surface area contributed by atoms with E-state index in [1.54, 1.807) is 30.8 Å². The summed E-state index contributed by atoms with van der Waals surface area (Å²) >= 11 is 5.96. The molecule has 0 saturated carbocycles. The number of nitrogens with zero attached hydrogens (tertiary/aromatic N) is 2. The summed E-state index contributed by atoms with van der Waals surface area (Å²) < 4.78 is 7.39. The van der Waals surface area contributed by atoms with Crippen molar-refractivity contribution in [2.75, 3.05) is 0 Å². The standard InChI is InChI=1S/C13H15ClN4O/c1-7-4-5-9(14)6-10(7)19-13-11(12(15)16)8(2)17-18(13)3/h4-6H,1-3H3,(H3,15,16). The van der Waals surface area contributed by atoms with Crippen LogP contribution >= 0.6 is 11.6 Å². The first kappa shape index (κ1) is 13.4. The van der Waals surface area contributed by atoms with Crippen molar-refractivity contribution in [3.8, 4) is 11.6 Å². The number of rotatable bonds is 3. The Kier molecular flexibility index (Phi) is 3.48. The summed E-state index contributed by atoms with van der Waals surface area (Å²) in [5.74, 6) is 0.994. The van der Waals surface area contributed by atoms with Crippen LogP contribution in [0, 0.1) is 19.3 Å². The molecule has 1 aromatic heterocycles. The number of nitrogens with one attached hydrogen (secondary N) is 1. The fraction of sp³-hybridized carbons (Fsp3) is 0.231. The van der Waals surface area contributed by atoms with E-state index in [0.717, 1.165) is 5.56 Å². The number of halogens is 1. The van der Waals surface area contributed by atoms with Gasteiger partial charge >= 0.3 is 0 Å². The summed E-state index contributed by atoms with van der Waals surface area (Å²) in [6.45, 7) is 3.71. The molecule has 0 aliphatic rings. The molecule has 0 amide bonds. The Balaban J connectivity index is 2.49. The maximum absolute atomic E-state index is 7.61. The topological polar surface area (TPSA) is 76.9 Å². The van der Waals surface area contributed by atoms with Gasteiger partial charge in [-0.2, -0.15) is 5.10 Å². The highest BCUT2D eigenvalue weighted by Gasteiger charge is 2.18. The predicted molar refractivity (Wildman–Crippen MR) is 75.2 cm³/mol. The highest BCUT2D eigenvalue weighted by Crippen LogP contribution is 2.30. The van der Waals surface area contributed by atoms with Crippen molar-refractivity contribution >= 4 is 17.4 Å². The normalized spacial score (nSPS) is 10.5. The van der Waals surface area contributed by atoms with Crippen molar-refractivity contribution < 1.29 is 4.74 Å². The average Bonchev–Trinajstić information content (AvgIpc) is 2.59. The van der Waals surface area contributed by atoms with Crippen LogP contribution in [-0.4, -0.2) is 15.6 Å². The summed E-state index contributed by atoms with van der Waals surface area (Å²) in [5.41, 5.74) is 7.68. The molecule has 5 nitrogen and oxygen atoms in total. The smallest absolute Gasteiger partial charge is 0.228 e. The Labute approximate surface area is 116 Å². The number of benzene rings is 1. The van der Waals surface area contributed by atoms with Gasteiger partial charge in [-0.1, -0.05) is 17.7 Å². The molecule has 0 spiro atoms. The van der Waals surface area contributed by atoms with Crippen LogP contribution < -0.4 is 10.5 Å². The Hall–Kier alpha value is -2.01. The van der Waals surface area contributed by atoms with Gasteiger partial charge in [0.25, 0.3) is 0 Å². The van der Waals surface area contributed by atoms with E-state index in [2.05, 4.69) is 5.10 Å². The first-order chi connectivity index (χ1) is 8.90. The molecule has 3 N–H and O–H groups in total. The number of aromatic nitrogens is 2. The highest BCUT2D eigenvalue weighted by atomic mass is 35.5. The maximum Gasteiger partial charge on any atom is 0.228 e. The number of hydrogen-bond donors (Lipinski definition) is 2. The minimum Gasteiger partial charge on any atom is -0.438 e. The molecular formula is C13H15ClN4O. The van der Waals surface area contributed by atoms with Crippen LogP contribution in [0.4, 0.5) is 0 Å². The molecule has 0 fully saturated rings. The molecule has 6 heteroatoms. The number of nitrogens with two attached hydrogens (primary N) is 1. The van der Waals surface area contributed by atoms with Crippen molar-refractivity contribution in [3.63, 3.8) is 0 Å². The predicted octanol–water partition coefficient (Wildman–Crippen LogP) is 2.77. The summed E-state index contributed by atoms with van der Waals surface area (Å²) in [6, 6.07) is 5.39. The third kappa shape index (κ3) is 2.56. The minimum atomic E-state index is -0.0692. The van der Waals surface area contributed by atoms with Gasteiger partial charge in [0.2, 0.25) is 5.88 Å². The van der Waals surface area contributed by atoms with E-state index >= 15 is 0 Å². The summed E-state index contributed by atoms with van der Waals surface area (Å²) in [7, 11) is 1.74. The fourth-order valence-electron chi connectivity index (χ4n) is 1.85. The third-order valence-corrected chi connectivity index (χ3v) is 3.03. The molecule has 1 aromatic carbocycles. The van der Waals surface area contributed by atoms with Gasteiger partial charge in [0.05, 0.1) is 5.69 Å². The number of aryl methyl sites for hydroxylation is 3. The van der Waals surface area contributed by atoms with Crippen molar-refractivity contribution in [2.24, 2.45) is 12.8 Å². The maximum atomic E-state index is 7.61. The Morgan fingerprint density at radius 2 is 2.11 bits per heavy atom. The van der Waals surface area contributed by atoms with Crippen molar-refractivity contribution in [3.05, 3.63) is 40.0 Å². The van der Waals surface area contributed by atoms with Crippen LogP contribution in [-0.2, 0) is 7.05 Å². The molecule has 100 valence electrons. The van der Waals surface area contributed by atoms with Crippen LogP contribution in [0.2, 0.25) is 5.02 Å². The average molecular weight is 279 g/mol. The third-order valence-electron chi connectivity index (χ3n) is 2.80. The summed E-state index contributed by atoms with van der Waals surface area (Å²) in [6.07, 6.45) is 0. The molecule has 19 heavy (non-hydrogen) atoms. The molecule has 1 heterocycles. The molecule has 0 aliphatic heterocycles. The largest absolute Gasteiger partial charge is 0.438 e. The lowest BCUT2D eigenvalue weighted by Gasteiger charge is -2.10. The van der Waals surface area contributed by atoms with E-state index in [1.165, 1.54) is 0 Å². The number of ether oxygens (including phenoxy) is 1. The van der Waals surface area contributed by atoms with Crippen LogP contribution in [0.15, 0.2) is 18.2 Å². The molecule has 0 radical (unpaired) electrons. The van der Waals surface area contributed by atoms with E-state index in [1.807, 2.05) is 13.0 Å². The Bertz CT molecular complexity index is 648. The minimum absolute atomic E-state index is 0.0692. The van der Waals surface area contributed by atoms with Gasteiger partial charge in [0.15, 0.2) is 0 Å². The molecular weight excluding hydrogens is 264 g/mol. The number of hydrogen-bond acceptors (Lipinski definition) is 3. The van der Waals surface area contributed by atoms with Gasteiger partial charge in [0, 0.05) is 12.1 Å². The molecule has 0 atom stereocenters. The quantitative estimate of drug-likeness (QED) is 0.669. The van der Waals surface area contributed by atoms with Crippen LogP contribution in [0.3, 0.4) is 0 Å². The first-order valence-corrected chi connectivity index (χ1v) is 6.10. The van der Waals surface area contributed by atoms with Crippen molar-refractivity contribution in [1.29, 1.82) is 5.41 Å². The molecule has 0 saturated heterocycles.